The van der Waals surface area contributed by atoms with Crippen molar-refractivity contribution in [2.24, 2.45) is 0 Å². The maximum atomic E-state index is 13.1. The molecule has 0 spiro atoms. The lowest BCUT2D eigenvalue weighted by molar-refractivity contribution is -0.120. The quantitative estimate of drug-likeness (QED) is 0.859. The maximum Gasteiger partial charge on any atom is 0.224 e. The minimum absolute atomic E-state index is 0.0227. The Morgan fingerprint density at radius 2 is 1.87 bits per heavy atom. The lowest BCUT2D eigenvalue weighted by atomic mass is 10.1. The van der Waals surface area contributed by atoms with Crippen LogP contribution in [0.1, 0.15) is 17.2 Å². The van der Waals surface area contributed by atoms with Gasteiger partial charge in [0.05, 0.1) is 19.6 Å². The van der Waals surface area contributed by atoms with Gasteiger partial charge in [-0.25, -0.2) is 8.78 Å². The monoisotopic (exact) mass is 321 g/mol. The minimum Gasteiger partial charge on any atom is -0.497 e. The Labute approximate surface area is 132 Å². The third kappa shape index (κ3) is 4.75. The first-order valence-corrected chi connectivity index (χ1v) is 7.02. The summed E-state index contributed by atoms with van der Waals surface area (Å²) in [5.74, 6) is -1.66. The predicted octanol–water partition coefficient (Wildman–Crippen LogP) is 2.37. The zero-order chi connectivity index (χ0) is 16.8. The number of carbonyl (C=O) groups is 1. The predicted molar refractivity (Wildman–Crippen MR) is 81.0 cm³/mol. The van der Waals surface area contributed by atoms with E-state index >= 15 is 0 Å². The van der Waals surface area contributed by atoms with Crippen molar-refractivity contribution in [3.63, 3.8) is 0 Å². The number of nitrogens with one attached hydrogen (secondary N) is 1. The van der Waals surface area contributed by atoms with Gasteiger partial charge >= 0.3 is 0 Å². The smallest absolute Gasteiger partial charge is 0.224 e. The molecule has 0 aliphatic heterocycles. The molecular weight excluding hydrogens is 304 g/mol. The summed E-state index contributed by atoms with van der Waals surface area (Å²) in [4.78, 5) is 11.8. The number of methoxy groups -OCH3 is 1. The van der Waals surface area contributed by atoms with Gasteiger partial charge in [0.15, 0.2) is 11.6 Å². The molecule has 23 heavy (non-hydrogen) atoms. The van der Waals surface area contributed by atoms with E-state index in [-0.39, 0.29) is 18.9 Å². The van der Waals surface area contributed by atoms with E-state index in [9.17, 15) is 18.7 Å². The molecule has 0 fully saturated rings. The van der Waals surface area contributed by atoms with Gasteiger partial charge in [-0.05, 0) is 35.4 Å². The molecule has 0 saturated carbocycles. The largest absolute Gasteiger partial charge is 0.497 e. The van der Waals surface area contributed by atoms with Gasteiger partial charge in [0.2, 0.25) is 5.91 Å². The third-order valence-electron chi connectivity index (χ3n) is 3.34. The molecule has 2 rings (SSSR count). The highest BCUT2D eigenvalue weighted by Gasteiger charge is 2.11. The Balaban J connectivity index is 1.86. The second-order valence-corrected chi connectivity index (χ2v) is 5.02. The number of benzene rings is 2. The van der Waals surface area contributed by atoms with Gasteiger partial charge in [-0.3, -0.25) is 4.79 Å². The number of amides is 1. The number of rotatable bonds is 6. The number of hydrogen-bond donors (Lipinski definition) is 2. The molecule has 4 nitrogen and oxygen atoms in total. The van der Waals surface area contributed by atoms with Gasteiger partial charge in [0.25, 0.3) is 0 Å². The van der Waals surface area contributed by atoms with E-state index in [2.05, 4.69) is 5.32 Å². The highest BCUT2D eigenvalue weighted by Crippen LogP contribution is 2.17. The Bertz CT molecular complexity index is 674. The van der Waals surface area contributed by atoms with Gasteiger partial charge in [0.1, 0.15) is 5.75 Å². The normalized spacial score (nSPS) is 11.8. The number of carbonyl (C=O) groups excluding carboxylic acids is 1. The fraction of sp³-hybridized carbons (Fsp3) is 0.235. The van der Waals surface area contributed by atoms with Crippen molar-refractivity contribution >= 4 is 5.91 Å². The average Bonchev–Trinajstić information content (AvgIpc) is 2.56. The molecule has 0 bridgehead atoms. The number of aliphatic hydroxyl groups excluding tert-OH is 1. The molecule has 6 heteroatoms. The van der Waals surface area contributed by atoms with E-state index in [1.165, 1.54) is 6.07 Å². The molecule has 2 N–H and O–H groups in total. The molecule has 1 atom stereocenters. The summed E-state index contributed by atoms with van der Waals surface area (Å²) in [6.07, 6.45) is -0.957. The minimum atomic E-state index is -0.992. The van der Waals surface area contributed by atoms with Crippen LogP contribution in [-0.2, 0) is 11.2 Å². The first-order valence-electron chi connectivity index (χ1n) is 7.02. The van der Waals surface area contributed by atoms with Crippen LogP contribution in [0.15, 0.2) is 42.5 Å². The summed E-state index contributed by atoms with van der Waals surface area (Å²) in [5, 5.41) is 12.6. The van der Waals surface area contributed by atoms with E-state index in [1.807, 2.05) is 0 Å². The van der Waals surface area contributed by atoms with Crippen LogP contribution in [0.3, 0.4) is 0 Å². The number of halogens is 2. The van der Waals surface area contributed by atoms with E-state index in [0.29, 0.717) is 16.9 Å². The summed E-state index contributed by atoms with van der Waals surface area (Å²) < 4.78 is 30.9. The Morgan fingerprint density at radius 3 is 2.48 bits per heavy atom. The van der Waals surface area contributed by atoms with Crippen molar-refractivity contribution in [2.75, 3.05) is 13.7 Å². The summed E-state index contributed by atoms with van der Waals surface area (Å²) in [5.41, 5.74) is 0.999. The van der Waals surface area contributed by atoms with Gasteiger partial charge in [-0.1, -0.05) is 18.2 Å². The molecule has 2 aromatic rings. The van der Waals surface area contributed by atoms with Gasteiger partial charge in [0, 0.05) is 6.54 Å². The van der Waals surface area contributed by atoms with E-state index in [0.717, 1.165) is 12.1 Å². The molecule has 0 saturated heterocycles. The zero-order valence-corrected chi connectivity index (χ0v) is 12.6. The molecule has 122 valence electrons. The summed E-state index contributed by atoms with van der Waals surface area (Å²) >= 11 is 0. The standard InChI is InChI=1S/C17H17F2NO3/c1-23-13-5-3-12(4-6-13)16(21)10-20-17(22)9-11-2-7-14(18)15(19)8-11/h2-8,16,21H,9-10H2,1H3,(H,20,22). The van der Waals surface area contributed by atoms with Crippen LogP contribution in [0.2, 0.25) is 0 Å². The van der Waals surface area contributed by atoms with Crippen LogP contribution in [0.5, 0.6) is 5.75 Å². The van der Waals surface area contributed by atoms with Crippen LogP contribution < -0.4 is 10.1 Å². The molecule has 0 aliphatic carbocycles. The van der Waals surface area contributed by atoms with Crippen LogP contribution in [0.4, 0.5) is 8.78 Å². The maximum absolute atomic E-state index is 13.1. The highest BCUT2D eigenvalue weighted by atomic mass is 19.2. The summed E-state index contributed by atoms with van der Waals surface area (Å²) in [7, 11) is 1.55. The fourth-order valence-corrected chi connectivity index (χ4v) is 2.05. The second kappa shape index (κ2) is 7.69. The summed E-state index contributed by atoms with van der Waals surface area (Å²) in [6.45, 7) is 0.0227. The average molecular weight is 321 g/mol. The molecule has 2 aromatic carbocycles. The molecule has 1 unspecified atom stereocenters. The van der Waals surface area contributed by atoms with Crippen molar-refractivity contribution in [3.05, 3.63) is 65.2 Å². The first kappa shape index (κ1) is 16.9. The van der Waals surface area contributed by atoms with Crippen LogP contribution in [0.25, 0.3) is 0 Å². The Kier molecular flexibility index (Phi) is 5.65. The third-order valence-corrected chi connectivity index (χ3v) is 3.34. The SMILES string of the molecule is COc1ccc(C(O)CNC(=O)Cc2ccc(F)c(F)c2)cc1. The van der Waals surface area contributed by atoms with Crippen molar-refractivity contribution in [3.8, 4) is 5.75 Å². The van der Waals surface area contributed by atoms with Gasteiger partial charge < -0.3 is 15.2 Å². The van der Waals surface area contributed by atoms with E-state index in [4.69, 9.17) is 4.74 Å². The molecule has 1 amide bonds. The Morgan fingerprint density at radius 1 is 1.17 bits per heavy atom. The topological polar surface area (TPSA) is 58.6 Å². The Hall–Kier alpha value is -2.47. The van der Waals surface area contributed by atoms with Gasteiger partial charge in [-0.2, -0.15) is 0 Å². The number of aliphatic hydroxyl groups is 1. The van der Waals surface area contributed by atoms with Gasteiger partial charge in [-0.15, -0.1) is 0 Å². The molecule has 0 radical (unpaired) electrons. The van der Waals surface area contributed by atoms with Crippen molar-refractivity contribution in [2.45, 2.75) is 12.5 Å². The van der Waals surface area contributed by atoms with E-state index in [1.54, 1.807) is 31.4 Å². The molecule has 0 aliphatic rings. The fourth-order valence-electron chi connectivity index (χ4n) is 2.05. The number of ether oxygens (including phenoxy) is 1. The van der Waals surface area contributed by atoms with Crippen molar-refractivity contribution < 1.29 is 23.4 Å². The van der Waals surface area contributed by atoms with Crippen molar-refractivity contribution in [1.29, 1.82) is 0 Å². The van der Waals surface area contributed by atoms with Crippen LogP contribution >= 0.6 is 0 Å². The van der Waals surface area contributed by atoms with Crippen molar-refractivity contribution in [1.82, 2.24) is 5.32 Å². The zero-order valence-electron chi connectivity index (χ0n) is 12.6. The van der Waals surface area contributed by atoms with E-state index < -0.39 is 17.7 Å². The van der Waals surface area contributed by atoms with Crippen LogP contribution in [-0.4, -0.2) is 24.7 Å². The molecule has 0 aromatic heterocycles. The summed E-state index contributed by atoms with van der Waals surface area (Å²) in [6, 6.07) is 10.1. The molecular formula is C17H17F2NO3. The van der Waals surface area contributed by atoms with Crippen LogP contribution in [0, 0.1) is 11.6 Å². The second-order valence-electron chi connectivity index (χ2n) is 5.02. The lowest BCUT2D eigenvalue weighted by Crippen LogP contribution is -2.29. The lowest BCUT2D eigenvalue weighted by Gasteiger charge is -2.13. The number of hydrogen-bond acceptors (Lipinski definition) is 3. The first-order chi connectivity index (χ1) is 11.0. The molecule has 0 heterocycles. The highest BCUT2D eigenvalue weighted by molar-refractivity contribution is 5.78.